The van der Waals surface area contributed by atoms with Gasteiger partial charge in [-0.05, 0) is 48.5 Å². The third kappa shape index (κ3) is 4.53. The van der Waals surface area contributed by atoms with Crippen LogP contribution in [0.25, 0.3) is 5.82 Å². The Bertz CT molecular complexity index is 1430. The largest absolute Gasteiger partial charge is 0.446 e. The number of nitrogens with one attached hydrogen (secondary N) is 1. The number of rotatable bonds is 4. The molecule has 0 aliphatic carbocycles. The molecule has 0 unspecified atom stereocenters. The summed E-state index contributed by atoms with van der Waals surface area (Å²) in [5, 5.41) is 0.557. The normalized spacial score (nSPS) is 14.5. The van der Waals surface area contributed by atoms with E-state index in [1.54, 1.807) is 11.0 Å². The van der Waals surface area contributed by atoms with Crippen LogP contribution in [-0.2, 0) is 22.4 Å². The molecule has 0 saturated heterocycles. The predicted octanol–water partition coefficient (Wildman–Crippen LogP) is 3.24. The number of hydrogen-bond donors (Lipinski definition) is 2. The molecule has 1 aromatic heterocycles. The number of nitrogens with two attached hydrogens (primary N) is 1. The molecule has 34 heavy (non-hydrogen) atoms. The number of furan rings is 1. The lowest BCUT2D eigenvalue weighted by Crippen LogP contribution is -2.42. The first-order valence-corrected chi connectivity index (χ1v) is 10.8. The zero-order valence-corrected chi connectivity index (χ0v) is 17.6. The van der Waals surface area contributed by atoms with Gasteiger partial charge in [-0.25, -0.2) is 13.4 Å². The molecule has 1 aliphatic heterocycles. The lowest BCUT2D eigenvalue weighted by atomic mass is 10.1. The quantitative estimate of drug-likeness (QED) is 0.532. The molecule has 14 heteroatoms. The van der Waals surface area contributed by atoms with Crippen LogP contribution in [0, 0.1) is 0 Å². The van der Waals surface area contributed by atoms with Crippen LogP contribution < -0.4 is 26.1 Å². The second kappa shape index (κ2) is 7.97. The summed E-state index contributed by atoms with van der Waals surface area (Å²) < 4.78 is 111. The molecule has 0 radical (unpaired) electrons. The van der Waals surface area contributed by atoms with Gasteiger partial charge < -0.3 is 15.1 Å². The highest BCUT2D eigenvalue weighted by molar-refractivity contribution is 7.92. The number of halogens is 6. The Balaban J connectivity index is 1.63. The van der Waals surface area contributed by atoms with E-state index in [0.717, 1.165) is 0 Å². The third-order valence-electron chi connectivity index (χ3n) is 4.87. The van der Waals surface area contributed by atoms with E-state index in [9.17, 15) is 34.8 Å². The molecule has 1 aliphatic rings. The number of fused-ring (bicyclic) bond motifs is 1. The fraction of sp³-hybridized carbons (Fsp3) is 0.150. The van der Waals surface area contributed by atoms with Crippen LogP contribution in [0.15, 0.2) is 69.1 Å². The summed E-state index contributed by atoms with van der Waals surface area (Å²) in [6.07, 6.45) is -8.95. The molecule has 3 N–H and O–H groups in total. The van der Waals surface area contributed by atoms with Crippen LogP contribution in [0.3, 0.4) is 0 Å². The average Bonchev–Trinajstić information content (AvgIpc) is 3.23. The Kier molecular flexibility index (Phi) is 5.50. The predicted molar refractivity (Wildman–Crippen MR) is 108 cm³/mol. The highest BCUT2D eigenvalue weighted by Crippen LogP contribution is 2.37. The van der Waals surface area contributed by atoms with Gasteiger partial charge in [0.25, 0.3) is 10.0 Å². The summed E-state index contributed by atoms with van der Waals surface area (Å²) in [5.74, 6) is 0.329. The van der Waals surface area contributed by atoms with Gasteiger partial charge in [0.05, 0.1) is 27.5 Å². The van der Waals surface area contributed by atoms with Crippen molar-refractivity contribution in [3.05, 3.63) is 76.7 Å². The molecule has 0 fully saturated rings. The van der Waals surface area contributed by atoms with Crippen molar-refractivity contribution in [3.63, 3.8) is 0 Å². The Morgan fingerprint density at radius 3 is 2.09 bits per heavy atom. The summed E-state index contributed by atoms with van der Waals surface area (Å²) >= 11 is 0. The molecule has 0 amide bonds. The molecular weight excluding hydrogens is 490 g/mol. The van der Waals surface area contributed by atoms with Gasteiger partial charge >= 0.3 is 12.4 Å². The zero-order chi connectivity index (χ0) is 24.9. The number of hydrogen-bond acceptors (Lipinski definition) is 6. The maximum absolute atomic E-state index is 13.1. The Labute approximate surface area is 187 Å². The van der Waals surface area contributed by atoms with E-state index in [-0.39, 0.29) is 30.6 Å². The van der Waals surface area contributed by atoms with Crippen molar-refractivity contribution < 1.29 is 39.2 Å². The van der Waals surface area contributed by atoms with Crippen LogP contribution in [0.1, 0.15) is 11.1 Å². The molecule has 0 atom stereocenters. The summed E-state index contributed by atoms with van der Waals surface area (Å²) in [6, 6.07) is 7.22. The first-order valence-electron chi connectivity index (χ1n) is 9.33. The molecule has 4 rings (SSSR count). The fourth-order valence-electron chi connectivity index (χ4n) is 3.20. The monoisotopic (exact) mass is 504 g/mol. The Morgan fingerprint density at radius 2 is 1.53 bits per heavy atom. The van der Waals surface area contributed by atoms with Crippen molar-refractivity contribution in [2.45, 2.75) is 17.2 Å². The SMILES string of the molecule is NC1=c2ccoc2=NCN1c1ccc(NS(=O)(=O)c2cc(C(F)(F)F)cc(C(F)(F)F)c2)cc1. The molecule has 2 heterocycles. The van der Waals surface area contributed by atoms with Gasteiger partial charge in [-0.1, -0.05) is 0 Å². The molecule has 0 spiro atoms. The van der Waals surface area contributed by atoms with Crippen LogP contribution in [-0.4, -0.2) is 15.1 Å². The van der Waals surface area contributed by atoms with Gasteiger partial charge in [0.15, 0.2) is 0 Å². The lowest BCUT2D eigenvalue weighted by Gasteiger charge is -2.24. The van der Waals surface area contributed by atoms with Gasteiger partial charge in [0.2, 0.25) is 5.55 Å². The molecule has 7 nitrogen and oxygen atoms in total. The van der Waals surface area contributed by atoms with Gasteiger partial charge in [-0.15, -0.1) is 0 Å². The summed E-state index contributed by atoms with van der Waals surface area (Å²) in [4.78, 5) is 4.62. The first kappa shape index (κ1) is 23.5. The molecule has 2 aromatic carbocycles. The van der Waals surface area contributed by atoms with E-state index in [2.05, 4.69) is 4.99 Å². The number of anilines is 2. The van der Waals surface area contributed by atoms with Crippen molar-refractivity contribution in [1.29, 1.82) is 0 Å². The van der Waals surface area contributed by atoms with Crippen LogP contribution in [0.5, 0.6) is 0 Å². The number of sulfonamides is 1. The maximum atomic E-state index is 13.1. The van der Waals surface area contributed by atoms with Gasteiger partial charge in [-0.3, -0.25) is 4.72 Å². The number of benzene rings is 2. The first-order chi connectivity index (χ1) is 15.8. The lowest BCUT2D eigenvalue weighted by molar-refractivity contribution is -0.143. The maximum Gasteiger partial charge on any atom is 0.416 e. The molecule has 180 valence electrons. The Morgan fingerprint density at radius 1 is 0.941 bits per heavy atom. The second-order valence-electron chi connectivity index (χ2n) is 7.15. The molecule has 0 bridgehead atoms. The highest BCUT2D eigenvalue weighted by Gasteiger charge is 2.38. The Hall–Kier alpha value is -3.68. The topological polar surface area (TPSA) is 101 Å². The molecule has 0 saturated carbocycles. The van der Waals surface area contributed by atoms with Crippen LogP contribution >= 0.6 is 0 Å². The highest BCUT2D eigenvalue weighted by atomic mass is 32.2. The van der Waals surface area contributed by atoms with E-state index in [4.69, 9.17) is 10.2 Å². The van der Waals surface area contributed by atoms with E-state index in [0.29, 0.717) is 22.3 Å². The average molecular weight is 504 g/mol. The van der Waals surface area contributed by atoms with Gasteiger partial charge in [-0.2, -0.15) is 26.3 Å². The zero-order valence-electron chi connectivity index (χ0n) is 16.8. The summed E-state index contributed by atoms with van der Waals surface area (Å²) in [7, 11) is -4.78. The number of nitrogens with zero attached hydrogens (tertiary/aromatic N) is 2. The van der Waals surface area contributed by atoms with Crippen molar-refractivity contribution in [1.82, 2.24) is 0 Å². The molecule has 3 aromatic rings. The van der Waals surface area contributed by atoms with Crippen molar-refractivity contribution in [2.75, 3.05) is 16.3 Å². The van der Waals surface area contributed by atoms with E-state index >= 15 is 0 Å². The fourth-order valence-corrected chi connectivity index (χ4v) is 4.33. The number of alkyl halides is 6. The van der Waals surface area contributed by atoms with Crippen molar-refractivity contribution in [3.8, 4) is 0 Å². The standard InChI is InChI=1S/C20H14F6N4O3S/c21-19(22,23)11-7-12(20(24,25)26)9-15(8-11)34(31,32)29-13-1-3-14(4-2-13)30-10-28-18-16(17(30)27)5-6-33-18/h1-9,29H,10,27H2. The van der Waals surface area contributed by atoms with E-state index in [1.807, 2.05) is 4.72 Å². The van der Waals surface area contributed by atoms with Gasteiger partial charge in [0, 0.05) is 11.4 Å². The smallest absolute Gasteiger partial charge is 0.416 e. The molecular formula is C20H14F6N4O3S. The van der Waals surface area contributed by atoms with Crippen molar-refractivity contribution in [2.24, 2.45) is 10.7 Å². The second-order valence-corrected chi connectivity index (χ2v) is 8.83. The minimum Gasteiger partial charge on any atom is -0.446 e. The van der Waals surface area contributed by atoms with E-state index < -0.39 is 38.4 Å². The van der Waals surface area contributed by atoms with Crippen molar-refractivity contribution >= 4 is 27.2 Å². The van der Waals surface area contributed by atoms with E-state index in [1.165, 1.54) is 30.5 Å². The minimum absolute atomic E-state index is 0.0914. The minimum atomic E-state index is -5.18. The summed E-state index contributed by atoms with van der Waals surface area (Å²) in [5.41, 5.74) is 3.41. The van der Waals surface area contributed by atoms with Crippen LogP contribution in [0.4, 0.5) is 37.7 Å². The van der Waals surface area contributed by atoms with Crippen LogP contribution in [0.2, 0.25) is 0 Å². The third-order valence-corrected chi connectivity index (χ3v) is 6.23. The van der Waals surface area contributed by atoms with Gasteiger partial charge in [0.1, 0.15) is 12.5 Å². The summed E-state index contributed by atoms with van der Waals surface area (Å²) in [6.45, 7) is 0.113.